The molecule has 2 amide bonds. The predicted octanol–water partition coefficient (Wildman–Crippen LogP) is 2.50. The number of rotatable bonds is 6. The van der Waals surface area contributed by atoms with Gasteiger partial charge in [0.2, 0.25) is 5.91 Å². The Kier molecular flexibility index (Phi) is 4.25. The Hall–Kier alpha value is -2.82. The summed E-state index contributed by atoms with van der Waals surface area (Å²) < 4.78 is 5.65. The molecule has 0 aromatic heterocycles. The average Bonchev–Trinajstić information content (AvgIpc) is 3.37. The van der Waals surface area contributed by atoms with Gasteiger partial charge in [0.05, 0.1) is 6.61 Å². The number of primary amides is 1. The van der Waals surface area contributed by atoms with Gasteiger partial charge in [0.15, 0.2) is 0 Å². The molecule has 5 nitrogen and oxygen atoms in total. The molecule has 1 saturated carbocycles. The van der Waals surface area contributed by atoms with Crippen LogP contribution in [0.25, 0.3) is 11.1 Å². The maximum atomic E-state index is 12.4. The summed E-state index contributed by atoms with van der Waals surface area (Å²) >= 11 is 0. The molecular weight excluding hydrogens is 304 g/mol. The van der Waals surface area contributed by atoms with Gasteiger partial charge in [-0.15, -0.1) is 0 Å². The molecule has 24 heavy (non-hydrogen) atoms. The number of ether oxygens (including phenoxy) is 1. The second-order valence-electron chi connectivity index (χ2n) is 5.91. The molecule has 0 unspecified atom stereocenters. The number of benzene rings is 2. The molecule has 0 bridgehead atoms. The first-order chi connectivity index (χ1) is 11.6. The van der Waals surface area contributed by atoms with Gasteiger partial charge in [0, 0.05) is 11.1 Å². The van der Waals surface area contributed by atoms with E-state index < -0.39 is 11.4 Å². The van der Waals surface area contributed by atoms with E-state index in [1.807, 2.05) is 43.3 Å². The Morgan fingerprint density at radius 2 is 1.92 bits per heavy atom. The molecule has 5 heteroatoms. The van der Waals surface area contributed by atoms with Crippen LogP contribution in [0, 0.1) is 0 Å². The van der Waals surface area contributed by atoms with Crippen LogP contribution in [0.3, 0.4) is 0 Å². The second-order valence-corrected chi connectivity index (χ2v) is 5.91. The first kappa shape index (κ1) is 16.1. The van der Waals surface area contributed by atoms with Crippen LogP contribution in [-0.2, 0) is 4.79 Å². The Morgan fingerprint density at radius 1 is 1.17 bits per heavy atom. The van der Waals surface area contributed by atoms with Gasteiger partial charge in [-0.2, -0.15) is 0 Å². The molecule has 1 aliphatic rings. The molecule has 0 spiro atoms. The second kappa shape index (κ2) is 6.35. The first-order valence-corrected chi connectivity index (χ1v) is 8.00. The minimum Gasteiger partial charge on any atom is -0.493 e. The average molecular weight is 324 g/mol. The van der Waals surface area contributed by atoms with Crippen molar-refractivity contribution < 1.29 is 14.3 Å². The van der Waals surface area contributed by atoms with E-state index in [0.717, 1.165) is 16.9 Å². The van der Waals surface area contributed by atoms with E-state index in [-0.39, 0.29) is 5.91 Å². The lowest BCUT2D eigenvalue weighted by atomic mass is 10.0. The van der Waals surface area contributed by atoms with Crippen molar-refractivity contribution >= 4 is 11.8 Å². The molecule has 1 aliphatic carbocycles. The summed E-state index contributed by atoms with van der Waals surface area (Å²) in [5, 5.41) is 2.76. The SMILES string of the molecule is CCOc1ccccc1-c1cccc(C(=O)NC2(C(N)=O)CC2)c1. The van der Waals surface area contributed by atoms with Gasteiger partial charge in [0.25, 0.3) is 5.91 Å². The van der Waals surface area contributed by atoms with Gasteiger partial charge in [0.1, 0.15) is 11.3 Å². The maximum absolute atomic E-state index is 12.4. The van der Waals surface area contributed by atoms with E-state index in [1.54, 1.807) is 12.1 Å². The number of carbonyl (C=O) groups excluding carboxylic acids is 2. The number of para-hydroxylation sites is 1. The minimum atomic E-state index is -0.865. The molecule has 0 heterocycles. The number of nitrogens with one attached hydrogen (secondary N) is 1. The van der Waals surface area contributed by atoms with Crippen molar-refractivity contribution in [3.8, 4) is 16.9 Å². The molecule has 124 valence electrons. The lowest BCUT2D eigenvalue weighted by molar-refractivity contribution is -0.120. The molecule has 0 atom stereocenters. The van der Waals surface area contributed by atoms with Crippen LogP contribution in [0.1, 0.15) is 30.1 Å². The monoisotopic (exact) mass is 324 g/mol. The molecule has 3 rings (SSSR count). The highest BCUT2D eigenvalue weighted by atomic mass is 16.5. The van der Waals surface area contributed by atoms with Crippen molar-refractivity contribution in [2.45, 2.75) is 25.3 Å². The standard InChI is InChI=1S/C19H20N2O3/c1-2-24-16-9-4-3-8-15(16)13-6-5-7-14(12-13)17(22)21-19(10-11-19)18(20)23/h3-9,12H,2,10-11H2,1H3,(H2,20,23)(H,21,22). The topological polar surface area (TPSA) is 81.4 Å². The number of carbonyl (C=O) groups is 2. The molecule has 0 aliphatic heterocycles. The smallest absolute Gasteiger partial charge is 0.252 e. The van der Waals surface area contributed by atoms with Crippen LogP contribution < -0.4 is 15.8 Å². The Balaban J connectivity index is 1.87. The third kappa shape index (κ3) is 3.11. The van der Waals surface area contributed by atoms with Crippen molar-refractivity contribution in [2.24, 2.45) is 5.73 Å². The lowest BCUT2D eigenvalue weighted by Crippen LogP contribution is -2.46. The summed E-state index contributed by atoms with van der Waals surface area (Å²) in [4.78, 5) is 23.9. The fraction of sp³-hybridized carbons (Fsp3) is 0.263. The van der Waals surface area contributed by atoms with Gasteiger partial charge in [-0.05, 0) is 43.5 Å². The third-order valence-electron chi connectivity index (χ3n) is 4.20. The zero-order valence-electron chi connectivity index (χ0n) is 13.5. The van der Waals surface area contributed by atoms with Crippen LogP contribution in [0.2, 0.25) is 0 Å². The largest absolute Gasteiger partial charge is 0.493 e. The highest BCUT2D eigenvalue weighted by Gasteiger charge is 2.49. The van der Waals surface area contributed by atoms with Crippen molar-refractivity contribution in [1.82, 2.24) is 5.32 Å². The number of hydrogen-bond acceptors (Lipinski definition) is 3. The fourth-order valence-corrected chi connectivity index (χ4v) is 2.66. The summed E-state index contributed by atoms with van der Waals surface area (Å²) in [6, 6.07) is 15.0. The van der Waals surface area contributed by atoms with Crippen molar-refractivity contribution in [3.63, 3.8) is 0 Å². The molecule has 2 aromatic carbocycles. The summed E-state index contributed by atoms with van der Waals surface area (Å²) in [5.74, 6) is 0.00379. The van der Waals surface area contributed by atoms with E-state index in [9.17, 15) is 9.59 Å². The summed E-state index contributed by atoms with van der Waals surface area (Å²) in [6.45, 7) is 2.50. The van der Waals surface area contributed by atoms with E-state index in [1.165, 1.54) is 0 Å². The van der Waals surface area contributed by atoms with E-state index >= 15 is 0 Å². The highest BCUT2D eigenvalue weighted by Crippen LogP contribution is 2.35. The van der Waals surface area contributed by atoms with E-state index in [0.29, 0.717) is 25.0 Å². The van der Waals surface area contributed by atoms with Crippen molar-refractivity contribution in [3.05, 3.63) is 54.1 Å². The lowest BCUT2D eigenvalue weighted by Gasteiger charge is -2.14. The Morgan fingerprint density at radius 3 is 2.58 bits per heavy atom. The molecule has 0 radical (unpaired) electrons. The quantitative estimate of drug-likeness (QED) is 0.856. The van der Waals surface area contributed by atoms with Crippen LogP contribution in [0.5, 0.6) is 5.75 Å². The molecule has 3 N–H and O–H groups in total. The van der Waals surface area contributed by atoms with Crippen LogP contribution >= 0.6 is 0 Å². The number of amides is 2. The van der Waals surface area contributed by atoms with Crippen molar-refractivity contribution in [2.75, 3.05) is 6.61 Å². The molecule has 2 aromatic rings. The summed E-state index contributed by atoms with van der Waals surface area (Å²) in [5.41, 5.74) is 6.80. The molecule has 0 saturated heterocycles. The fourth-order valence-electron chi connectivity index (χ4n) is 2.66. The first-order valence-electron chi connectivity index (χ1n) is 8.00. The predicted molar refractivity (Wildman–Crippen MR) is 91.7 cm³/mol. The molecule has 1 fully saturated rings. The van der Waals surface area contributed by atoms with E-state index in [4.69, 9.17) is 10.5 Å². The Labute approximate surface area is 140 Å². The Bertz CT molecular complexity index is 782. The van der Waals surface area contributed by atoms with Crippen LogP contribution in [0.4, 0.5) is 0 Å². The van der Waals surface area contributed by atoms with E-state index in [2.05, 4.69) is 5.32 Å². The summed E-state index contributed by atoms with van der Waals surface area (Å²) in [7, 11) is 0. The summed E-state index contributed by atoms with van der Waals surface area (Å²) in [6.07, 6.45) is 1.20. The highest BCUT2D eigenvalue weighted by molar-refractivity contribution is 6.01. The molecular formula is C19H20N2O3. The third-order valence-corrected chi connectivity index (χ3v) is 4.20. The van der Waals surface area contributed by atoms with Crippen molar-refractivity contribution in [1.29, 1.82) is 0 Å². The zero-order chi connectivity index (χ0) is 17.2. The van der Waals surface area contributed by atoms with Gasteiger partial charge in [-0.25, -0.2) is 0 Å². The van der Waals surface area contributed by atoms with Crippen LogP contribution in [0.15, 0.2) is 48.5 Å². The van der Waals surface area contributed by atoms with Gasteiger partial charge < -0.3 is 15.8 Å². The van der Waals surface area contributed by atoms with Gasteiger partial charge in [-0.3, -0.25) is 9.59 Å². The van der Waals surface area contributed by atoms with Gasteiger partial charge in [-0.1, -0.05) is 30.3 Å². The minimum absolute atomic E-state index is 0.290. The van der Waals surface area contributed by atoms with Gasteiger partial charge >= 0.3 is 0 Å². The maximum Gasteiger partial charge on any atom is 0.252 e. The zero-order valence-corrected chi connectivity index (χ0v) is 13.5. The normalized spacial score (nSPS) is 14.7. The number of nitrogens with two attached hydrogens (primary N) is 1. The number of hydrogen-bond donors (Lipinski definition) is 2. The van der Waals surface area contributed by atoms with Crippen LogP contribution in [-0.4, -0.2) is 24.0 Å².